The van der Waals surface area contributed by atoms with Crippen LogP contribution >= 0.6 is 0 Å². The molecule has 0 radical (unpaired) electrons. The number of carbonyl (C=O) groups is 1. The van der Waals surface area contributed by atoms with Crippen molar-refractivity contribution in [2.24, 2.45) is 17.3 Å². The van der Waals surface area contributed by atoms with Crippen LogP contribution in [0.4, 0.5) is 0 Å². The molecule has 4 atom stereocenters. The molecule has 0 amide bonds. The third kappa shape index (κ3) is 1.62. The fourth-order valence-corrected chi connectivity index (χ4v) is 7.21. The van der Waals surface area contributed by atoms with Gasteiger partial charge in [-0.3, -0.25) is 0 Å². The number of carbonyl (C=O) groups excluding carboxylic acids is 1. The van der Waals surface area contributed by atoms with Crippen LogP contribution in [0.2, 0.25) is 0 Å². The minimum Gasteiger partial charge on any atom is -0.465 e. The summed E-state index contributed by atoms with van der Waals surface area (Å²) < 4.78 is 4.87. The molecule has 0 N–H and O–H groups in total. The molecule has 0 spiro atoms. The van der Waals surface area contributed by atoms with Crippen LogP contribution in [0.3, 0.4) is 0 Å². The second-order valence-corrected chi connectivity index (χ2v) is 8.97. The molecule has 0 aromatic heterocycles. The van der Waals surface area contributed by atoms with Crippen molar-refractivity contribution in [1.29, 1.82) is 0 Å². The second-order valence-electron chi connectivity index (χ2n) is 8.97. The van der Waals surface area contributed by atoms with Gasteiger partial charge in [0.15, 0.2) is 0 Å². The van der Waals surface area contributed by atoms with Gasteiger partial charge in [0.2, 0.25) is 0 Å². The molecule has 138 valence electrons. The van der Waals surface area contributed by atoms with E-state index in [0.717, 1.165) is 6.42 Å². The Bertz CT molecular complexity index is 951. The number of benzene rings is 2. The monoisotopic (exact) mass is 358 g/mol. The van der Waals surface area contributed by atoms with Crippen molar-refractivity contribution < 1.29 is 9.53 Å². The fourth-order valence-electron chi connectivity index (χ4n) is 7.21. The molecule has 2 fully saturated rings. The molecule has 3 aliphatic rings. The first kappa shape index (κ1) is 16.8. The van der Waals surface area contributed by atoms with E-state index >= 15 is 0 Å². The van der Waals surface area contributed by atoms with Crippen LogP contribution < -0.4 is 0 Å². The minimum atomic E-state index is -0.270. The number of fused-ring (bicyclic) bond motifs is 4. The van der Waals surface area contributed by atoms with Gasteiger partial charge in [-0.25, -0.2) is 4.79 Å². The lowest BCUT2D eigenvalue weighted by atomic mass is 9.54. The summed E-state index contributed by atoms with van der Waals surface area (Å²) in [5, 5.41) is 0. The second kappa shape index (κ2) is 5.13. The lowest BCUT2D eigenvalue weighted by Crippen LogP contribution is -2.49. The van der Waals surface area contributed by atoms with E-state index in [-0.39, 0.29) is 22.2 Å². The molecule has 0 unspecified atom stereocenters. The highest BCUT2D eigenvalue weighted by atomic mass is 16.5. The smallest absolute Gasteiger partial charge is 0.337 e. The van der Waals surface area contributed by atoms with Gasteiger partial charge >= 0.3 is 5.97 Å². The Kier molecular flexibility index (Phi) is 3.19. The molecule has 0 heterocycles. The van der Waals surface area contributed by atoms with Gasteiger partial charge in [-0.1, -0.05) is 68.0 Å². The number of hydrogen-bond donors (Lipinski definition) is 0. The van der Waals surface area contributed by atoms with Crippen molar-refractivity contribution in [3.63, 3.8) is 0 Å². The van der Waals surface area contributed by atoms with Gasteiger partial charge in [0.25, 0.3) is 0 Å². The van der Waals surface area contributed by atoms with Gasteiger partial charge < -0.3 is 4.74 Å². The van der Waals surface area contributed by atoms with Crippen molar-refractivity contribution in [3.8, 4) is 0 Å². The van der Waals surface area contributed by atoms with Crippen molar-refractivity contribution in [2.75, 3.05) is 7.11 Å². The number of hydrogen-bond acceptors (Lipinski definition) is 2. The highest BCUT2D eigenvalue weighted by Gasteiger charge is 2.95. The number of esters is 1. The molecule has 2 aromatic rings. The molecule has 5 rings (SSSR count). The minimum absolute atomic E-state index is 0.137. The lowest BCUT2D eigenvalue weighted by molar-refractivity contribution is 0.0600. The Morgan fingerprint density at radius 3 is 2.19 bits per heavy atom. The van der Waals surface area contributed by atoms with E-state index in [2.05, 4.69) is 69.3 Å². The van der Waals surface area contributed by atoms with Crippen molar-refractivity contribution >= 4 is 5.97 Å². The summed E-state index contributed by atoms with van der Waals surface area (Å²) in [6.45, 7) is 7.03. The average Bonchev–Trinajstić information content (AvgIpc) is 2.90. The van der Waals surface area contributed by atoms with Gasteiger partial charge in [0.05, 0.1) is 12.7 Å². The number of aryl methyl sites for hydroxylation is 1. The van der Waals surface area contributed by atoms with Crippen LogP contribution in [-0.2, 0) is 15.6 Å². The largest absolute Gasteiger partial charge is 0.465 e. The molecular formula is C25H26O2. The van der Waals surface area contributed by atoms with E-state index in [1.165, 1.54) is 23.8 Å². The van der Waals surface area contributed by atoms with Gasteiger partial charge in [0, 0.05) is 10.8 Å². The molecule has 2 saturated carbocycles. The Morgan fingerprint density at radius 1 is 0.963 bits per heavy atom. The molecule has 3 aliphatic carbocycles. The first-order chi connectivity index (χ1) is 12.9. The van der Waals surface area contributed by atoms with Crippen LogP contribution in [0.5, 0.6) is 0 Å². The standard InChI is InChI=1S/C25H26O2/c1-16-8-12-18(13-9-16)24-20-6-5-7-21(20)25(24,23(24,2)3)19-14-10-17(11-15-19)22(26)27-4/h5-6,8-15,20-21H,7H2,1-4H3/t20-,21+,24-,25+/m1/s1. The average molecular weight is 358 g/mol. The van der Waals surface area contributed by atoms with Crippen LogP contribution in [0, 0.1) is 24.2 Å². The fraction of sp³-hybridized carbons (Fsp3) is 0.400. The summed E-state index contributed by atoms with van der Waals surface area (Å²) in [4.78, 5) is 11.9. The first-order valence-corrected chi connectivity index (χ1v) is 9.85. The van der Waals surface area contributed by atoms with Crippen LogP contribution in [-0.4, -0.2) is 13.1 Å². The topological polar surface area (TPSA) is 26.3 Å². The highest BCUT2D eigenvalue weighted by molar-refractivity contribution is 5.89. The summed E-state index contributed by atoms with van der Waals surface area (Å²) in [5.41, 5.74) is 5.23. The van der Waals surface area contributed by atoms with E-state index < -0.39 is 0 Å². The van der Waals surface area contributed by atoms with Gasteiger partial charge in [-0.05, 0) is 53.9 Å². The van der Waals surface area contributed by atoms with Crippen LogP contribution in [0.15, 0.2) is 60.7 Å². The Balaban J connectivity index is 1.66. The number of allylic oxidation sites excluding steroid dienone is 2. The maximum atomic E-state index is 11.9. The number of methoxy groups -OCH3 is 1. The van der Waals surface area contributed by atoms with Gasteiger partial charge in [-0.15, -0.1) is 0 Å². The zero-order valence-electron chi connectivity index (χ0n) is 16.5. The molecule has 2 nitrogen and oxygen atoms in total. The normalized spacial score (nSPS) is 34.4. The van der Waals surface area contributed by atoms with Crippen molar-refractivity contribution in [1.82, 2.24) is 0 Å². The quantitative estimate of drug-likeness (QED) is 0.556. The predicted octanol–water partition coefficient (Wildman–Crippen LogP) is 5.20. The van der Waals surface area contributed by atoms with Gasteiger partial charge in [-0.2, -0.15) is 0 Å². The zero-order chi connectivity index (χ0) is 19.0. The molecule has 27 heavy (non-hydrogen) atoms. The number of ether oxygens (including phenoxy) is 1. The zero-order valence-corrected chi connectivity index (χ0v) is 16.5. The molecule has 2 aromatic carbocycles. The third-order valence-corrected chi connectivity index (χ3v) is 8.02. The SMILES string of the molecule is COC(=O)c1ccc([C@@]23[C@H]4CC=C[C@H]4[C@]2(c2ccc(C)cc2)C3(C)C)cc1. The third-order valence-electron chi connectivity index (χ3n) is 8.02. The Labute approximate surface area is 161 Å². The molecule has 2 heteroatoms. The summed E-state index contributed by atoms with van der Waals surface area (Å²) >= 11 is 0. The van der Waals surface area contributed by atoms with Crippen LogP contribution in [0.25, 0.3) is 0 Å². The summed E-state index contributed by atoms with van der Waals surface area (Å²) in [5.74, 6) is 0.987. The maximum absolute atomic E-state index is 11.9. The van der Waals surface area contributed by atoms with Crippen molar-refractivity contribution in [2.45, 2.75) is 38.0 Å². The summed E-state index contributed by atoms with van der Waals surface area (Å²) in [6.07, 6.45) is 5.99. The number of rotatable bonds is 3. The van der Waals surface area contributed by atoms with E-state index in [1.54, 1.807) is 0 Å². The Hall–Kier alpha value is -2.35. The first-order valence-electron chi connectivity index (χ1n) is 9.85. The predicted molar refractivity (Wildman–Crippen MR) is 107 cm³/mol. The van der Waals surface area contributed by atoms with E-state index in [4.69, 9.17) is 4.74 Å². The maximum Gasteiger partial charge on any atom is 0.337 e. The van der Waals surface area contributed by atoms with E-state index in [1.807, 2.05) is 12.1 Å². The Morgan fingerprint density at radius 2 is 1.56 bits per heavy atom. The highest BCUT2D eigenvalue weighted by Crippen LogP contribution is 2.94. The van der Waals surface area contributed by atoms with Gasteiger partial charge in [0.1, 0.15) is 0 Å². The molecule has 0 bridgehead atoms. The summed E-state index contributed by atoms with van der Waals surface area (Å²) in [7, 11) is 1.43. The molecule has 0 saturated heterocycles. The van der Waals surface area contributed by atoms with E-state index in [9.17, 15) is 4.79 Å². The lowest BCUT2D eigenvalue weighted by Gasteiger charge is -2.48. The molecular weight excluding hydrogens is 332 g/mol. The van der Waals surface area contributed by atoms with Crippen molar-refractivity contribution in [3.05, 3.63) is 82.9 Å². The molecule has 0 aliphatic heterocycles. The van der Waals surface area contributed by atoms with E-state index in [0.29, 0.717) is 17.4 Å². The van der Waals surface area contributed by atoms with Crippen LogP contribution in [0.1, 0.15) is 47.3 Å². The summed E-state index contributed by atoms with van der Waals surface area (Å²) in [6, 6.07) is 17.4.